The third-order valence-corrected chi connectivity index (χ3v) is 4.27. The second kappa shape index (κ2) is 8.62. The Morgan fingerprint density at radius 2 is 1.76 bits per heavy atom. The van der Waals surface area contributed by atoms with Gasteiger partial charge in [-0.05, 0) is 42.3 Å². The number of carbonyl (C=O) groups is 2. The van der Waals surface area contributed by atoms with Crippen molar-refractivity contribution in [1.82, 2.24) is 5.32 Å². The smallest absolute Gasteiger partial charge is 0.251 e. The van der Waals surface area contributed by atoms with Gasteiger partial charge in [0.2, 0.25) is 5.91 Å². The molecule has 2 amide bonds. The summed E-state index contributed by atoms with van der Waals surface area (Å²) in [6, 6.07) is 11.5. The Labute approximate surface area is 151 Å². The van der Waals surface area contributed by atoms with Crippen LogP contribution < -0.4 is 10.6 Å². The van der Waals surface area contributed by atoms with Crippen LogP contribution in [0.4, 0.5) is 10.1 Å². The maximum atomic E-state index is 13.7. The molecule has 0 saturated heterocycles. The zero-order chi connectivity index (χ0) is 18.4. The lowest BCUT2D eigenvalue weighted by Gasteiger charge is -2.23. The van der Waals surface area contributed by atoms with Crippen molar-refractivity contribution in [2.45, 2.75) is 26.3 Å². The number of carbonyl (C=O) groups excluding carboxylic acids is 2. The Kier molecular flexibility index (Phi) is 6.53. The number of anilines is 1. The Morgan fingerprint density at radius 3 is 2.36 bits per heavy atom. The molecule has 2 aromatic rings. The van der Waals surface area contributed by atoms with Crippen LogP contribution in [0.2, 0.25) is 5.02 Å². The first-order valence-electron chi connectivity index (χ1n) is 8.04. The van der Waals surface area contributed by atoms with Crippen molar-refractivity contribution in [2.75, 3.05) is 5.32 Å². The molecule has 0 heterocycles. The number of rotatable bonds is 6. The average molecular weight is 363 g/mol. The highest BCUT2D eigenvalue weighted by Crippen LogP contribution is 2.16. The fraction of sp³-hybridized carbons (Fsp3) is 0.263. The van der Waals surface area contributed by atoms with E-state index >= 15 is 0 Å². The van der Waals surface area contributed by atoms with Crippen LogP contribution in [0.5, 0.6) is 0 Å². The minimum absolute atomic E-state index is 0.0848. The van der Waals surface area contributed by atoms with Gasteiger partial charge in [-0.2, -0.15) is 0 Å². The van der Waals surface area contributed by atoms with E-state index in [0.29, 0.717) is 17.0 Å². The third-order valence-electron chi connectivity index (χ3n) is 4.02. The Bertz CT molecular complexity index is 749. The predicted molar refractivity (Wildman–Crippen MR) is 97.2 cm³/mol. The standard InChI is InChI=1S/C19H20ClFN2O2/c1-3-12(2)17(19(25)22-16-7-5-4-6-15(16)21)23-18(24)13-8-10-14(20)11-9-13/h4-12,17H,3H2,1-2H3,(H,22,25)(H,23,24)/t12-,17-/m1/s1. The van der Waals surface area contributed by atoms with E-state index in [2.05, 4.69) is 10.6 Å². The van der Waals surface area contributed by atoms with E-state index in [1.165, 1.54) is 12.1 Å². The lowest BCUT2D eigenvalue weighted by molar-refractivity contribution is -0.119. The molecular formula is C19H20ClFN2O2. The van der Waals surface area contributed by atoms with Crippen LogP contribution in [0, 0.1) is 11.7 Å². The Balaban J connectivity index is 2.15. The van der Waals surface area contributed by atoms with Crippen LogP contribution in [-0.4, -0.2) is 17.9 Å². The molecule has 132 valence electrons. The summed E-state index contributed by atoms with van der Waals surface area (Å²) in [7, 11) is 0. The van der Waals surface area contributed by atoms with Gasteiger partial charge < -0.3 is 10.6 Å². The summed E-state index contributed by atoms with van der Waals surface area (Å²) < 4.78 is 13.7. The highest BCUT2D eigenvalue weighted by molar-refractivity contribution is 6.30. The zero-order valence-electron chi connectivity index (χ0n) is 14.1. The summed E-state index contributed by atoms with van der Waals surface area (Å²) in [6.45, 7) is 3.77. The first-order chi connectivity index (χ1) is 11.9. The number of benzene rings is 2. The fourth-order valence-electron chi connectivity index (χ4n) is 2.30. The van der Waals surface area contributed by atoms with Gasteiger partial charge in [0.15, 0.2) is 0 Å². The van der Waals surface area contributed by atoms with Crippen LogP contribution in [0.25, 0.3) is 0 Å². The third kappa shape index (κ3) is 5.03. The van der Waals surface area contributed by atoms with Crippen molar-refractivity contribution < 1.29 is 14.0 Å². The van der Waals surface area contributed by atoms with E-state index in [-0.39, 0.29) is 17.5 Å². The van der Waals surface area contributed by atoms with Gasteiger partial charge in [-0.15, -0.1) is 0 Å². The highest BCUT2D eigenvalue weighted by atomic mass is 35.5. The molecule has 4 nitrogen and oxygen atoms in total. The molecule has 2 aromatic carbocycles. The second-order valence-electron chi connectivity index (χ2n) is 5.81. The van der Waals surface area contributed by atoms with Crippen LogP contribution >= 0.6 is 11.6 Å². The van der Waals surface area contributed by atoms with Crippen molar-refractivity contribution in [3.8, 4) is 0 Å². The first kappa shape index (κ1) is 18.9. The highest BCUT2D eigenvalue weighted by Gasteiger charge is 2.27. The average Bonchev–Trinajstić information content (AvgIpc) is 2.61. The quantitative estimate of drug-likeness (QED) is 0.806. The van der Waals surface area contributed by atoms with E-state index in [1.54, 1.807) is 36.4 Å². The summed E-state index contributed by atoms with van der Waals surface area (Å²) in [5, 5.41) is 5.79. The van der Waals surface area contributed by atoms with Gasteiger partial charge in [-0.25, -0.2) is 4.39 Å². The number of hydrogen-bond acceptors (Lipinski definition) is 2. The molecule has 0 aliphatic heterocycles. The van der Waals surface area contributed by atoms with E-state index in [0.717, 1.165) is 0 Å². The molecule has 2 N–H and O–H groups in total. The predicted octanol–water partition coefficient (Wildman–Crippen LogP) is 4.26. The molecule has 0 unspecified atom stereocenters. The SMILES string of the molecule is CC[C@@H](C)[C@@H](NC(=O)c1ccc(Cl)cc1)C(=O)Nc1ccccc1F. The maximum absolute atomic E-state index is 13.7. The molecule has 25 heavy (non-hydrogen) atoms. The Morgan fingerprint density at radius 1 is 1.12 bits per heavy atom. The van der Waals surface area contributed by atoms with Gasteiger partial charge in [0, 0.05) is 10.6 Å². The van der Waals surface area contributed by atoms with Crippen molar-refractivity contribution in [3.05, 3.63) is 64.9 Å². The molecule has 0 radical (unpaired) electrons. The van der Waals surface area contributed by atoms with Crippen molar-refractivity contribution in [2.24, 2.45) is 5.92 Å². The van der Waals surface area contributed by atoms with Gasteiger partial charge in [-0.3, -0.25) is 9.59 Å². The van der Waals surface area contributed by atoms with Crippen molar-refractivity contribution >= 4 is 29.1 Å². The molecule has 0 aromatic heterocycles. The molecule has 2 rings (SSSR count). The molecule has 0 spiro atoms. The topological polar surface area (TPSA) is 58.2 Å². The molecule has 0 aliphatic carbocycles. The van der Waals surface area contributed by atoms with E-state index < -0.39 is 17.8 Å². The molecule has 6 heteroatoms. The number of nitrogens with one attached hydrogen (secondary N) is 2. The lowest BCUT2D eigenvalue weighted by atomic mass is 9.97. The lowest BCUT2D eigenvalue weighted by Crippen LogP contribution is -2.47. The Hall–Kier alpha value is -2.40. The number of amides is 2. The van der Waals surface area contributed by atoms with E-state index in [9.17, 15) is 14.0 Å². The molecule has 0 saturated carbocycles. The largest absolute Gasteiger partial charge is 0.340 e. The van der Waals surface area contributed by atoms with Crippen molar-refractivity contribution in [3.63, 3.8) is 0 Å². The van der Waals surface area contributed by atoms with Gasteiger partial charge in [0.25, 0.3) is 5.91 Å². The van der Waals surface area contributed by atoms with E-state index in [1.807, 2.05) is 13.8 Å². The van der Waals surface area contributed by atoms with Gasteiger partial charge in [0.1, 0.15) is 11.9 Å². The summed E-state index contributed by atoms with van der Waals surface area (Å²) in [5.74, 6) is -1.49. The van der Waals surface area contributed by atoms with Crippen LogP contribution in [0.15, 0.2) is 48.5 Å². The number of hydrogen-bond donors (Lipinski definition) is 2. The van der Waals surface area contributed by atoms with Crippen LogP contribution in [-0.2, 0) is 4.79 Å². The van der Waals surface area contributed by atoms with Crippen LogP contribution in [0.3, 0.4) is 0 Å². The molecule has 0 aliphatic rings. The molecule has 2 atom stereocenters. The minimum atomic E-state index is -0.784. The zero-order valence-corrected chi connectivity index (χ0v) is 14.8. The maximum Gasteiger partial charge on any atom is 0.251 e. The number of halogens is 2. The normalized spacial score (nSPS) is 13.0. The minimum Gasteiger partial charge on any atom is -0.340 e. The summed E-state index contributed by atoms with van der Waals surface area (Å²) >= 11 is 5.82. The first-order valence-corrected chi connectivity index (χ1v) is 8.42. The van der Waals surface area contributed by atoms with Crippen molar-refractivity contribution in [1.29, 1.82) is 0 Å². The van der Waals surface area contributed by atoms with Gasteiger partial charge in [0.05, 0.1) is 5.69 Å². The van der Waals surface area contributed by atoms with Crippen LogP contribution in [0.1, 0.15) is 30.6 Å². The summed E-state index contributed by atoms with van der Waals surface area (Å²) in [6.07, 6.45) is 0.677. The molecule has 0 fully saturated rings. The van der Waals surface area contributed by atoms with Gasteiger partial charge >= 0.3 is 0 Å². The summed E-state index contributed by atoms with van der Waals surface area (Å²) in [5.41, 5.74) is 0.484. The fourth-order valence-corrected chi connectivity index (χ4v) is 2.43. The molecular weight excluding hydrogens is 343 g/mol. The van der Waals surface area contributed by atoms with Gasteiger partial charge in [-0.1, -0.05) is 44.0 Å². The summed E-state index contributed by atoms with van der Waals surface area (Å²) in [4.78, 5) is 25.0. The monoisotopic (exact) mass is 362 g/mol. The van der Waals surface area contributed by atoms with E-state index in [4.69, 9.17) is 11.6 Å². The number of para-hydroxylation sites is 1. The molecule has 0 bridgehead atoms. The second-order valence-corrected chi connectivity index (χ2v) is 6.25.